The van der Waals surface area contributed by atoms with Gasteiger partial charge in [-0.2, -0.15) is 0 Å². The Kier molecular flexibility index (Phi) is 4.77. The predicted octanol–water partition coefficient (Wildman–Crippen LogP) is 3.34. The van der Waals surface area contributed by atoms with Gasteiger partial charge in [0.1, 0.15) is 0 Å². The molecule has 1 aromatic heterocycles. The number of carbonyl (C=O) groups excluding carboxylic acids is 1. The van der Waals surface area contributed by atoms with Gasteiger partial charge in [-0.05, 0) is 50.2 Å². The average molecular weight is 371 g/mol. The fourth-order valence-electron chi connectivity index (χ4n) is 2.22. The number of nitrogens with one attached hydrogen (secondary N) is 2. The molecule has 0 bridgehead atoms. The van der Waals surface area contributed by atoms with Crippen LogP contribution < -0.4 is 10.0 Å². The van der Waals surface area contributed by atoms with E-state index in [1.165, 1.54) is 6.07 Å². The van der Waals surface area contributed by atoms with Gasteiger partial charge in [0.05, 0.1) is 10.6 Å². The van der Waals surface area contributed by atoms with Crippen LogP contribution in [0.1, 0.15) is 21.8 Å². The minimum Gasteiger partial charge on any atom is -0.351 e. The van der Waals surface area contributed by atoms with Crippen LogP contribution in [0, 0.1) is 13.8 Å². The minimum atomic E-state index is -3.67. The summed E-state index contributed by atoms with van der Waals surface area (Å²) in [6.45, 7) is 3.60. The highest BCUT2D eigenvalue weighted by Crippen LogP contribution is 2.19. The Balaban J connectivity index is 1.69. The number of hydrogen-bond donors (Lipinski definition) is 2. The number of aryl methyl sites for hydroxylation is 2. The van der Waals surface area contributed by atoms with E-state index >= 15 is 0 Å². The lowest BCUT2D eigenvalue weighted by atomic mass is 10.2. The average Bonchev–Trinajstić information content (AvgIpc) is 3.03. The summed E-state index contributed by atoms with van der Waals surface area (Å²) in [7, 11) is -3.67. The predicted molar refractivity (Wildman–Crippen MR) is 97.6 cm³/mol. The Morgan fingerprint density at radius 2 is 1.58 bits per heavy atom. The molecule has 0 saturated carbocycles. The van der Waals surface area contributed by atoms with E-state index in [9.17, 15) is 13.2 Å². The molecule has 2 N–H and O–H groups in total. The molecule has 0 aliphatic carbocycles. The first-order chi connectivity index (χ1) is 12.3. The van der Waals surface area contributed by atoms with Crippen molar-refractivity contribution < 1.29 is 17.7 Å². The van der Waals surface area contributed by atoms with Crippen LogP contribution in [0.25, 0.3) is 0 Å². The SMILES string of the molecule is Cc1ccc(S(=O)(=O)Nc2ccc(NC(=O)c3cc(C)no3)cc2)cc1. The summed E-state index contributed by atoms with van der Waals surface area (Å²) in [5.74, 6) is -0.328. The summed E-state index contributed by atoms with van der Waals surface area (Å²) >= 11 is 0. The molecule has 0 aliphatic rings. The standard InChI is InChI=1S/C18H17N3O4S/c1-12-3-9-16(10-4-12)26(23,24)21-15-7-5-14(6-8-15)19-18(22)17-11-13(2)20-25-17/h3-11,21H,1-2H3,(H,19,22). The van der Waals surface area contributed by atoms with Crippen molar-refractivity contribution in [1.82, 2.24) is 5.16 Å². The lowest BCUT2D eigenvalue weighted by Crippen LogP contribution is -2.13. The number of anilines is 2. The van der Waals surface area contributed by atoms with E-state index in [1.54, 1.807) is 55.5 Å². The minimum absolute atomic E-state index is 0.103. The molecule has 0 radical (unpaired) electrons. The smallest absolute Gasteiger partial charge is 0.294 e. The number of nitrogens with zero attached hydrogens (tertiary/aromatic N) is 1. The second-order valence-electron chi connectivity index (χ2n) is 5.78. The Morgan fingerprint density at radius 1 is 0.962 bits per heavy atom. The van der Waals surface area contributed by atoms with E-state index in [0.717, 1.165) is 5.56 Å². The maximum atomic E-state index is 12.4. The van der Waals surface area contributed by atoms with Gasteiger partial charge >= 0.3 is 0 Å². The third-order valence-corrected chi connectivity index (χ3v) is 4.98. The van der Waals surface area contributed by atoms with Gasteiger partial charge in [-0.25, -0.2) is 8.42 Å². The van der Waals surface area contributed by atoms with Crippen LogP contribution in [0.5, 0.6) is 0 Å². The third-order valence-electron chi connectivity index (χ3n) is 3.58. The van der Waals surface area contributed by atoms with Crippen molar-refractivity contribution in [2.75, 3.05) is 10.0 Å². The molecular weight excluding hydrogens is 354 g/mol. The fraction of sp³-hybridized carbons (Fsp3) is 0.111. The fourth-order valence-corrected chi connectivity index (χ4v) is 3.28. The summed E-state index contributed by atoms with van der Waals surface area (Å²) in [5, 5.41) is 6.30. The third kappa shape index (κ3) is 4.09. The Hall–Kier alpha value is -3.13. The first-order valence-corrected chi connectivity index (χ1v) is 9.26. The summed E-state index contributed by atoms with van der Waals surface area (Å²) in [6, 6.07) is 14.4. The summed E-state index contributed by atoms with van der Waals surface area (Å²) in [5.41, 5.74) is 2.48. The van der Waals surface area contributed by atoms with Crippen LogP contribution in [0.2, 0.25) is 0 Å². The van der Waals surface area contributed by atoms with Crippen molar-refractivity contribution in [1.29, 1.82) is 0 Å². The van der Waals surface area contributed by atoms with Gasteiger partial charge in [-0.1, -0.05) is 22.9 Å². The molecule has 26 heavy (non-hydrogen) atoms. The molecule has 0 fully saturated rings. The molecule has 0 saturated heterocycles. The number of rotatable bonds is 5. The molecule has 1 amide bonds. The van der Waals surface area contributed by atoms with Gasteiger partial charge < -0.3 is 9.84 Å². The highest BCUT2D eigenvalue weighted by Gasteiger charge is 2.15. The number of amides is 1. The van der Waals surface area contributed by atoms with Crippen LogP contribution in [-0.4, -0.2) is 19.5 Å². The Bertz CT molecular complexity index is 1020. The molecule has 0 spiro atoms. The van der Waals surface area contributed by atoms with E-state index in [1.807, 2.05) is 6.92 Å². The van der Waals surface area contributed by atoms with Crippen molar-refractivity contribution in [2.45, 2.75) is 18.7 Å². The molecule has 1 heterocycles. The second kappa shape index (κ2) is 7.01. The summed E-state index contributed by atoms with van der Waals surface area (Å²) in [4.78, 5) is 12.2. The number of sulfonamides is 1. The Morgan fingerprint density at radius 3 is 2.15 bits per heavy atom. The van der Waals surface area contributed by atoms with Gasteiger partial charge in [0.25, 0.3) is 15.9 Å². The van der Waals surface area contributed by atoms with Crippen LogP contribution in [-0.2, 0) is 10.0 Å². The molecule has 3 aromatic rings. The van der Waals surface area contributed by atoms with Gasteiger partial charge in [0, 0.05) is 17.4 Å². The van der Waals surface area contributed by atoms with Gasteiger partial charge in [0.2, 0.25) is 5.76 Å². The maximum absolute atomic E-state index is 12.4. The van der Waals surface area contributed by atoms with Crippen LogP contribution in [0.3, 0.4) is 0 Å². The Labute approximate surface area is 151 Å². The largest absolute Gasteiger partial charge is 0.351 e. The number of benzene rings is 2. The van der Waals surface area contributed by atoms with Crippen molar-refractivity contribution >= 4 is 27.3 Å². The van der Waals surface area contributed by atoms with E-state index in [0.29, 0.717) is 17.1 Å². The van der Waals surface area contributed by atoms with Gasteiger partial charge in [-0.15, -0.1) is 0 Å². The lowest BCUT2D eigenvalue weighted by molar-refractivity contribution is 0.0988. The quantitative estimate of drug-likeness (QED) is 0.716. The molecule has 0 atom stereocenters. The lowest BCUT2D eigenvalue weighted by Gasteiger charge is -2.09. The first-order valence-electron chi connectivity index (χ1n) is 7.78. The summed E-state index contributed by atoms with van der Waals surface area (Å²) in [6.07, 6.45) is 0. The summed E-state index contributed by atoms with van der Waals surface area (Å²) < 4.78 is 32.1. The van der Waals surface area contributed by atoms with E-state index in [2.05, 4.69) is 15.2 Å². The highest BCUT2D eigenvalue weighted by molar-refractivity contribution is 7.92. The maximum Gasteiger partial charge on any atom is 0.294 e. The number of hydrogen-bond acceptors (Lipinski definition) is 5. The van der Waals surface area contributed by atoms with Crippen molar-refractivity contribution in [3.8, 4) is 0 Å². The van der Waals surface area contributed by atoms with Gasteiger partial charge in [-0.3, -0.25) is 9.52 Å². The molecule has 0 unspecified atom stereocenters. The van der Waals surface area contributed by atoms with Crippen molar-refractivity contribution in [2.24, 2.45) is 0 Å². The number of carbonyl (C=O) groups is 1. The second-order valence-corrected chi connectivity index (χ2v) is 7.46. The van der Waals surface area contributed by atoms with Crippen molar-refractivity contribution in [3.05, 3.63) is 71.6 Å². The molecule has 2 aromatic carbocycles. The van der Waals surface area contributed by atoms with Crippen molar-refractivity contribution in [3.63, 3.8) is 0 Å². The van der Waals surface area contributed by atoms with E-state index in [-0.39, 0.29) is 10.7 Å². The van der Waals surface area contributed by atoms with E-state index in [4.69, 9.17) is 4.52 Å². The van der Waals surface area contributed by atoms with Crippen LogP contribution in [0.15, 0.2) is 64.0 Å². The van der Waals surface area contributed by atoms with E-state index < -0.39 is 15.9 Å². The highest BCUT2D eigenvalue weighted by atomic mass is 32.2. The number of aromatic nitrogens is 1. The zero-order valence-corrected chi connectivity index (χ0v) is 15.0. The topological polar surface area (TPSA) is 101 Å². The molecule has 8 heteroatoms. The molecule has 7 nitrogen and oxygen atoms in total. The monoisotopic (exact) mass is 371 g/mol. The first kappa shape index (κ1) is 17.7. The van der Waals surface area contributed by atoms with Crippen LogP contribution >= 0.6 is 0 Å². The zero-order chi connectivity index (χ0) is 18.7. The molecule has 134 valence electrons. The molecular formula is C18H17N3O4S. The zero-order valence-electron chi connectivity index (χ0n) is 14.2. The normalized spacial score (nSPS) is 11.2. The molecule has 3 rings (SSSR count). The molecule has 0 aliphatic heterocycles. The van der Waals surface area contributed by atoms with Crippen LogP contribution in [0.4, 0.5) is 11.4 Å². The van der Waals surface area contributed by atoms with Gasteiger partial charge in [0.15, 0.2) is 0 Å².